The highest BCUT2D eigenvalue weighted by molar-refractivity contribution is 6.24. The number of benzene rings is 3. The van der Waals surface area contributed by atoms with Crippen LogP contribution in [0.15, 0.2) is 78.9 Å². The Morgan fingerprint density at radius 2 is 1.76 bits per heavy atom. The number of carbonyl (C=O) groups is 2. The summed E-state index contributed by atoms with van der Waals surface area (Å²) in [7, 11) is 0. The van der Waals surface area contributed by atoms with Crippen LogP contribution in [0, 0.1) is 5.82 Å². The molecule has 174 valence electrons. The lowest BCUT2D eigenvalue weighted by Gasteiger charge is -2.33. The molecule has 3 aromatic carbocycles. The Morgan fingerprint density at radius 3 is 2.44 bits per heavy atom. The number of halogens is 1. The Bertz CT molecular complexity index is 1180. The van der Waals surface area contributed by atoms with Gasteiger partial charge in [0.25, 0.3) is 5.91 Å². The maximum atomic E-state index is 14.1. The van der Waals surface area contributed by atoms with Crippen molar-refractivity contribution in [2.24, 2.45) is 0 Å². The number of hydrogen-bond acceptors (Lipinski definition) is 4. The molecular weight excluding hydrogens is 433 g/mol. The lowest BCUT2D eigenvalue weighted by molar-refractivity contribution is -0.133. The van der Waals surface area contributed by atoms with Gasteiger partial charge < -0.3 is 14.4 Å². The number of hydrogen-bond donors (Lipinski definition) is 0. The van der Waals surface area contributed by atoms with Crippen molar-refractivity contribution in [1.29, 1.82) is 0 Å². The molecule has 1 amide bonds. The molecule has 0 bridgehead atoms. The molecule has 0 aromatic heterocycles. The van der Waals surface area contributed by atoms with Crippen molar-refractivity contribution in [3.8, 4) is 5.75 Å². The van der Waals surface area contributed by atoms with Crippen molar-refractivity contribution >= 4 is 23.3 Å². The van der Waals surface area contributed by atoms with Gasteiger partial charge in [-0.3, -0.25) is 9.59 Å². The summed E-state index contributed by atoms with van der Waals surface area (Å²) in [6, 6.07) is 23.5. The fourth-order valence-electron chi connectivity index (χ4n) is 3.84. The highest BCUT2D eigenvalue weighted by atomic mass is 19.1. The second kappa shape index (κ2) is 10.9. The summed E-state index contributed by atoms with van der Waals surface area (Å²) in [6.45, 7) is 2.68. The van der Waals surface area contributed by atoms with Crippen LogP contribution >= 0.6 is 0 Å². The highest BCUT2D eigenvalue weighted by Crippen LogP contribution is 2.23. The van der Waals surface area contributed by atoms with Gasteiger partial charge >= 0.3 is 0 Å². The predicted octanol–water partition coefficient (Wildman–Crippen LogP) is 4.88. The first kappa shape index (κ1) is 23.4. The van der Waals surface area contributed by atoms with E-state index in [-0.39, 0.29) is 30.0 Å². The van der Waals surface area contributed by atoms with Crippen molar-refractivity contribution in [1.82, 2.24) is 4.90 Å². The zero-order valence-electron chi connectivity index (χ0n) is 18.9. The minimum Gasteiger partial charge on any atom is -0.491 e. The van der Waals surface area contributed by atoms with E-state index in [0.717, 1.165) is 11.1 Å². The molecule has 1 saturated heterocycles. The van der Waals surface area contributed by atoms with Crippen molar-refractivity contribution in [2.45, 2.75) is 13.0 Å². The molecule has 1 atom stereocenters. The maximum Gasteiger partial charge on any atom is 0.254 e. The van der Waals surface area contributed by atoms with E-state index in [1.807, 2.05) is 66.7 Å². The second-order valence-corrected chi connectivity index (χ2v) is 8.09. The molecule has 34 heavy (non-hydrogen) atoms. The van der Waals surface area contributed by atoms with E-state index in [0.29, 0.717) is 31.0 Å². The van der Waals surface area contributed by atoms with Crippen LogP contribution in [0.1, 0.15) is 28.4 Å². The molecule has 1 unspecified atom stereocenters. The summed E-state index contributed by atoms with van der Waals surface area (Å²) in [6.07, 6.45) is 1.54. The number of nitrogens with zero attached hydrogens (tertiary/aromatic N) is 1. The molecule has 0 saturated carbocycles. The highest BCUT2D eigenvalue weighted by Gasteiger charge is 2.27. The molecule has 1 fully saturated rings. The third-order valence-electron chi connectivity index (χ3n) is 5.61. The zero-order valence-corrected chi connectivity index (χ0v) is 18.9. The molecule has 0 N–H and O–H groups in total. The quantitative estimate of drug-likeness (QED) is 0.287. The summed E-state index contributed by atoms with van der Waals surface area (Å²) < 4.78 is 25.6. The molecule has 0 aliphatic carbocycles. The summed E-state index contributed by atoms with van der Waals surface area (Å²) in [4.78, 5) is 26.7. The average Bonchev–Trinajstić information content (AvgIpc) is 2.87. The van der Waals surface area contributed by atoms with E-state index in [1.165, 1.54) is 19.1 Å². The third kappa shape index (κ3) is 5.77. The monoisotopic (exact) mass is 459 g/mol. The average molecular weight is 460 g/mol. The number of Topliss-reactive ketones (excluding diaryl/α,β-unsaturated/α-hetero) is 1. The zero-order chi connectivity index (χ0) is 23.9. The van der Waals surface area contributed by atoms with E-state index in [4.69, 9.17) is 9.47 Å². The molecule has 4 rings (SSSR count). The van der Waals surface area contributed by atoms with Gasteiger partial charge in [-0.1, -0.05) is 60.7 Å². The van der Waals surface area contributed by atoms with E-state index in [2.05, 4.69) is 0 Å². The van der Waals surface area contributed by atoms with Gasteiger partial charge in [0.05, 0.1) is 18.7 Å². The van der Waals surface area contributed by atoms with Gasteiger partial charge in [-0.15, -0.1) is 0 Å². The van der Waals surface area contributed by atoms with Crippen molar-refractivity contribution in [2.75, 3.05) is 26.3 Å². The summed E-state index contributed by atoms with van der Waals surface area (Å²) in [5.74, 6) is -0.736. The van der Waals surface area contributed by atoms with Gasteiger partial charge in [0, 0.05) is 18.2 Å². The van der Waals surface area contributed by atoms with Crippen LogP contribution in [0.25, 0.3) is 11.6 Å². The van der Waals surface area contributed by atoms with Crippen molar-refractivity contribution < 1.29 is 23.5 Å². The number of rotatable bonds is 7. The van der Waals surface area contributed by atoms with Gasteiger partial charge in [0.15, 0.2) is 5.78 Å². The summed E-state index contributed by atoms with van der Waals surface area (Å²) in [5, 5.41) is 0. The van der Waals surface area contributed by atoms with E-state index in [9.17, 15) is 14.0 Å². The SMILES string of the molecule is CC(=O)c1ccc(OCC2CN(C(=O)/C(=C/c3ccccc3)c3ccccc3)CCO2)cc1F. The van der Waals surface area contributed by atoms with Gasteiger partial charge in [-0.25, -0.2) is 4.39 Å². The lowest BCUT2D eigenvalue weighted by Crippen LogP contribution is -2.47. The van der Waals surface area contributed by atoms with E-state index in [1.54, 1.807) is 11.0 Å². The fourth-order valence-corrected chi connectivity index (χ4v) is 3.84. The Kier molecular flexibility index (Phi) is 7.50. The topological polar surface area (TPSA) is 55.8 Å². The Hall–Kier alpha value is -3.77. The number of carbonyl (C=O) groups excluding carboxylic acids is 2. The molecule has 0 radical (unpaired) electrons. The van der Waals surface area contributed by atoms with Gasteiger partial charge in [-0.2, -0.15) is 0 Å². The standard InChI is InChI=1S/C28H26FNO4/c1-20(31)25-13-12-23(17-27(25)29)34-19-24-18-30(14-15-33-24)28(32)26(22-10-6-3-7-11-22)16-21-8-4-2-5-9-21/h2-13,16-17,24H,14-15,18-19H2,1H3/b26-16+. The van der Waals surface area contributed by atoms with Crippen LogP contribution in [0.5, 0.6) is 5.75 Å². The molecule has 1 aliphatic rings. The second-order valence-electron chi connectivity index (χ2n) is 8.09. The number of amides is 1. The number of ketones is 1. The first-order chi connectivity index (χ1) is 16.5. The summed E-state index contributed by atoms with van der Waals surface area (Å²) in [5.41, 5.74) is 2.42. The van der Waals surface area contributed by atoms with Crippen LogP contribution in [-0.4, -0.2) is 49.0 Å². The predicted molar refractivity (Wildman–Crippen MR) is 129 cm³/mol. The molecule has 6 heteroatoms. The maximum absolute atomic E-state index is 14.1. The molecule has 5 nitrogen and oxygen atoms in total. The summed E-state index contributed by atoms with van der Waals surface area (Å²) >= 11 is 0. The molecule has 3 aromatic rings. The van der Waals surface area contributed by atoms with E-state index < -0.39 is 5.82 Å². The van der Waals surface area contributed by atoms with Crippen LogP contribution in [0.3, 0.4) is 0 Å². The van der Waals surface area contributed by atoms with E-state index >= 15 is 0 Å². The van der Waals surface area contributed by atoms with Gasteiger partial charge in [0.1, 0.15) is 24.3 Å². The van der Waals surface area contributed by atoms with Crippen molar-refractivity contribution in [3.63, 3.8) is 0 Å². The minimum atomic E-state index is -0.620. The first-order valence-electron chi connectivity index (χ1n) is 11.2. The fraction of sp³-hybridized carbons (Fsp3) is 0.214. The lowest BCUT2D eigenvalue weighted by atomic mass is 10.0. The third-order valence-corrected chi connectivity index (χ3v) is 5.61. The van der Waals surface area contributed by atoms with Crippen LogP contribution in [-0.2, 0) is 9.53 Å². The molecule has 1 aliphatic heterocycles. The van der Waals surface area contributed by atoms with Crippen LogP contribution in [0.2, 0.25) is 0 Å². The van der Waals surface area contributed by atoms with Crippen LogP contribution < -0.4 is 4.74 Å². The number of ether oxygens (including phenoxy) is 2. The molecular formula is C28H26FNO4. The smallest absolute Gasteiger partial charge is 0.254 e. The first-order valence-corrected chi connectivity index (χ1v) is 11.2. The van der Waals surface area contributed by atoms with Crippen molar-refractivity contribution in [3.05, 3.63) is 101 Å². The molecule has 1 heterocycles. The van der Waals surface area contributed by atoms with Gasteiger partial charge in [-0.05, 0) is 36.3 Å². The normalized spacial score (nSPS) is 16.2. The minimum absolute atomic E-state index is 0.0247. The Labute approximate surface area is 198 Å². The number of morpholine rings is 1. The van der Waals surface area contributed by atoms with Crippen LogP contribution in [0.4, 0.5) is 4.39 Å². The largest absolute Gasteiger partial charge is 0.491 e. The Balaban J connectivity index is 1.46. The Morgan fingerprint density at radius 1 is 1.06 bits per heavy atom. The molecule has 0 spiro atoms. The van der Waals surface area contributed by atoms with Gasteiger partial charge in [0.2, 0.25) is 0 Å².